The van der Waals surface area contributed by atoms with Gasteiger partial charge in [-0.25, -0.2) is 14.2 Å². The van der Waals surface area contributed by atoms with Crippen LogP contribution in [0.25, 0.3) is 0 Å². The minimum Gasteiger partial charge on any atom is -0.480 e. The average Bonchev–Trinajstić information content (AvgIpc) is 2.74. The third-order valence-electron chi connectivity index (χ3n) is 2.90. The van der Waals surface area contributed by atoms with E-state index >= 15 is 0 Å². The van der Waals surface area contributed by atoms with Crippen molar-refractivity contribution in [3.05, 3.63) is 29.6 Å². The number of carboxylic acids is 1. The summed E-state index contributed by atoms with van der Waals surface area (Å²) < 4.78 is 26.4. The van der Waals surface area contributed by atoms with Crippen LogP contribution in [0.1, 0.15) is 16.8 Å². The standard InChI is InChI=1S/C11H10F2N2O4/c12-8-6(1-2-14-9(8)13)10(17)15-4-5(16)3-7(15)11(18)19/h1-2,5,7,16H,3-4H2,(H,18,19)/t5-,7-/m1/s1. The number of hydrogen-bond acceptors (Lipinski definition) is 4. The van der Waals surface area contributed by atoms with Crippen LogP contribution >= 0.6 is 0 Å². The van der Waals surface area contributed by atoms with Crippen LogP contribution in [0.3, 0.4) is 0 Å². The fraction of sp³-hybridized carbons (Fsp3) is 0.364. The molecular weight excluding hydrogens is 262 g/mol. The highest BCUT2D eigenvalue weighted by Crippen LogP contribution is 2.22. The minimum absolute atomic E-state index is 0.143. The SMILES string of the molecule is O=C(O)[C@H]1C[C@@H](O)CN1C(=O)c1ccnc(F)c1F. The van der Waals surface area contributed by atoms with Crippen molar-refractivity contribution in [3.63, 3.8) is 0 Å². The highest BCUT2D eigenvalue weighted by Gasteiger charge is 2.40. The second kappa shape index (κ2) is 4.88. The van der Waals surface area contributed by atoms with E-state index in [1.54, 1.807) is 0 Å². The Labute approximate surface area is 106 Å². The molecule has 2 N–H and O–H groups in total. The van der Waals surface area contributed by atoms with Crippen LogP contribution in [0.15, 0.2) is 12.3 Å². The lowest BCUT2D eigenvalue weighted by Gasteiger charge is -2.21. The lowest BCUT2D eigenvalue weighted by Crippen LogP contribution is -2.41. The predicted octanol–water partition coefficient (Wildman–Crippen LogP) is 0.0198. The minimum atomic E-state index is -1.43. The van der Waals surface area contributed by atoms with Gasteiger partial charge in [-0.3, -0.25) is 4.79 Å². The molecular formula is C11H10F2N2O4. The maximum Gasteiger partial charge on any atom is 0.326 e. The second-order valence-corrected chi connectivity index (χ2v) is 4.16. The number of β-amino-alcohol motifs (C(OH)–C–C–N with tert-alkyl or cyclic N) is 1. The highest BCUT2D eigenvalue weighted by molar-refractivity contribution is 5.97. The number of nitrogens with zero attached hydrogens (tertiary/aromatic N) is 2. The van der Waals surface area contributed by atoms with Crippen molar-refractivity contribution in [3.8, 4) is 0 Å². The number of aliphatic hydroxyl groups is 1. The summed E-state index contributed by atoms with van der Waals surface area (Å²) in [5.41, 5.74) is -0.604. The summed E-state index contributed by atoms with van der Waals surface area (Å²) in [6, 6.07) is -0.289. The number of aliphatic carboxylic acids is 1. The lowest BCUT2D eigenvalue weighted by molar-refractivity contribution is -0.141. The number of carbonyl (C=O) groups is 2. The van der Waals surface area contributed by atoms with E-state index < -0.39 is 41.4 Å². The molecule has 0 spiro atoms. The van der Waals surface area contributed by atoms with Crippen molar-refractivity contribution >= 4 is 11.9 Å². The van der Waals surface area contributed by atoms with E-state index in [4.69, 9.17) is 5.11 Å². The van der Waals surface area contributed by atoms with Gasteiger partial charge in [-0.1, -0.05) is 0 Å². The first-order chi connectivity index (χ1) is 8.91. The molecule has 6 nitrogen and oxygen atoms in total. The van der Waals surface area contributed by atoms with E-state index in [9.17, 15) is 23.5 Å². The predicted molar refractivity (Wildman–Crippen MR) is 57.2 cm³/mol. The van der Waals surface area contributed by atoms with E-state index in [1.807, 2.05) is 0 Å². The largest absolute Gasteiger partial charge is 0.480 e. The summed E-state index contributed by atoms with van der Waals surface area (Å²) >= 11 is 0. The molecule has 1 aliphatic heterocycles. The first-order valence-corrected chi connectivity index (χ1v) is 5.43. The van der Waals surface area contributed by atoms with Crippen LogP contribution in [0.4, 0.5) is 8.78 Å². The molecule has 0 saturated carbocycles. The van der Waals surface area contributed by atoms with Gasteiger partial charge in [0.25, 0.3) is 5.91 Å². The number of aromatic nitrogens is 1. The number of rotatable bonds is 2. The lowest BCUT2D eigenvalue weighted by atomic mass is 10.2. The fourth-order valence-electron chi connectivity index (χ4n) is 2.01. The first kappa shape index (κ1) is 13.3. The maximum atomic E-state index is 13.4. The zero-order valence-electron chi connectivity index (χ0n) is 9.58. The average molecular weight is 272 g/mol. The van der Waals surface area contributed by atoms with E-state index in [-0.39, 0.29) is 13.0 Å². The number of likely N-dealkylation sites (tertiary alicyclic amines) is 1. The maximum absolute atomic E-state index is 13.4. The highest BCUT2D eigenvalue weighted by atomic mass is 19.2. The molecule has 2 rings (SSSR count). The normalized spacial score (nSPS) is 22.6. The van der Waals surface area contributed by atoms with Crippen LogP contribution in [0.5, 0.6) is 0 Å². The Kier molecular flexibility index (Phi) is 3.43. The van der Waals surface area contributed by atoms with E-state index in [2.05, 4.69) is 4.98 Å². The number of pyridine rings is 1. The van der Waals surface area contributed by atoms with Crippen molar-refractivity contribution in [2.24, 2.45) is 0 Å². The van der Waals surface area contributed by atoms with Crippen LogP contribution in [0.2, 0.25) is 0 Å². The van der Waals surface area contributed by atoms with E-state index in [0.717, 1.165) is 17.2 Å². The zero-order valence-corrected chi connectivity index (χ0v) is 9.58. The monoisotopic (exact) mass is 272 g/mol. The molecule has 1 fully saturated rings. The summed E-state index contributed by atoms with van der Waals surface area (Å²) in [5.74, 6) is -5.15. The molecule has 1 aliphatic rings. The van der Waals surface area contributed by atoms with Gasteiger partial charge in [-0.15, -0.1) is 0 Å². The second-order valence-electron chi connectivity index (χ2n) is 4.16. The molecule has 1 amide bonds. The molecule has 19 heavy (non-hydrogen) atoms. The Hall–Kier alpha value is -2.09. The van der Waals surface area contributed by atoms with Crippen LogP contribution < -0.4 is 0 Å². The van der Waals surface area contributed by atoms with E-state index in [1.165, 1.54) is 0 Å². The first-order valence-electron chi connectivity index (χ1n) is 5.43. The molecule has 0 aliphatic carbocycles. The molecule has 2 heterocycles. The Morgan fingerprint density at radius 1 is 1.42 bits per heavy atom. The molecule has 1 aromatic heterocycles. The molecule has 0 radical (unpaired) electrons. The molecule has 1 aromatic rings. The molecule has 0 aromatic carbocycles. The molecule has 1 saturated heterocycles. The molecule has 8 heteroatoms. The molecule has 0 bridgehead atoms. The fourth-order valence-corrected chi connectivity index (χ4v) is 2.01. The number of carbonyl (C=O) groups excluding carboxylic acids is 1. The Balaban J connectivity index is 2.33. The Bertz CT molecular complexity index is 537. The van der Waals surface area contributed by atoms with Crippen molar-refractivity contribution in [1.82, 2.24) is 9.88 Å². The van der Waals surface area contributed by atoms with Gasteiger partial charge in [0.2, 0.25) is 5.95 Å². The third-order valence-corrected chi connectivity index (χ3v) is 2.90. The topological polar surface area (TPSA) is 90.7 Å². The number of hydrogen-bond donors (Lipinski definition) is 2. The van der Waals surface area contributed by atoms with Gasteiger partial charge >= 0.3 is 5.97 Å². The smallest absolute Gasteiger partial charge is 0.326 e. The van der Waals surface area contributed by atoms with Gasteiger partial charge in [-0.2, -0.15) is 4.39 Å². The Morgan fingerprint density at radius 3 is 2.74 bits per heavy atom. The number of halogens is 2. The molecule has 102 valence electrons. The van der Waals surface area contributed by atoms with Gasteiger partial charge in [0.15, 0.2) is 5.82 Å². The summed E-state index contributed by atoms with van der Waals surface area (Å²) in [5, 5.41) is 18.3. The van der Waals surface area contributed by atoms with E-state index in [0.29, 0.717) is 0 Å². The van der Waals surface area contributed by atoms with Gasteiger partial charge < -0.3 is 15.1 Å². The summed E-state index contributed by atoms with van der Waals surface area (Å²) in [6.07, 6.45) is -0.232. The van der Waals surface area contributed by atoms with Gasteiger partial charge in [-0.05, 0) is 6.07 Å². The molecule has 2 atom stereocenters. The Morgan fingerprint density at radius 2 is 2.11 bits per heavy atom. The van der Waals surface area contributed by atoms with Gasteiger partial charge in [0.1, 0.15) is 6.04 Å². The zero-order chi connectivity index (χ0) is 14.2. The van der Waals surface area contributed by atoms with Crippen LogP contribution in [-0.2, 0) is 4.79 Å². The van der Waals surface area contributed by atoms with Crippen molar-refractivity contribution in [2.75, 3.05) is 6.54 Å². The summed E-state index contributed by atoms with van der Waals surface area (Å²) in [4.78, 5) is 26.8. The number of amides is 1. The summed E-state index contributed by atoms with van der Waals surface area (Å²) in [6.45, 7) is -0.237. The van der Waals surface area contributed by atoms with Crippen molar-refractivity contribution < 1.29 is 28.6 Å². The van der Waals surface area contributed by atoms with Crippen LogP contribution in [0, 0.1) is 11.8 Å². The van der Waals surface area contributed by atoms with Crippen molar-refractivity contribution in [2.45, 2.75) is 18.6 Å². The number of aliphatic hydroxyl groups excluding tert-OH is 1. The van der Waals surface area contributed by atoms with Crippen molar-refractivity contribution in [1.29, 1.82) is 0 Å². The number of carboxylic acid groups (broad SMARTS) is 1. The molecule has 0 unspecified atom stereocenters. The quantitative estimate of drug-likeness (QED) is 0.741. The van der Waals surface area contributed by atoms with Crippen LogP contribution in [-0.4, -0.2) is 50.7 Å². The van der Waals surface area contributed by atoms with Gasteiger partial charge in [0, 0.05) is 19.2 Å². The third kappa shape index (κ3) is 2.39. The summed E-state index contributed by atoms with van der Waals surface area (Å²) in [7, 11) is 0. The van der Waals surface area contributed by atoms with Gasteiger partial charge in [0.05, 0.1) is 11.7 Å².